The summed E-state index contributed by atoms with van der Waals surface area (Å²) in [6, 6.07) is 0.706. The molecule has 0 atom stereocenters. The van der Waals surface area contributed by atoms with Crippen molar-refractivity contribution in [2.45, 2.75) is 25.3 Å². The largest absolute Gasteiger partial charge is 0.339 e. The summed E-state index contributed by atoms with van der Waals surface area (Å²) in [5.74, 6) is 1.14. The normalized spacial score (nSPS) is 15.1. The molecule has 0 spiro atoms. The van der Waals surface area contributed by atoms with Gasteiger partial charge in [-0.3, -0.25) is 4.98 Å². The van der Waals surface area contributed by atoms with E-state index in [1.165, 1.54) is 12.8 Å². The topological polar surface area (TPSA) is 76.7 Å². The van der Waals surface area contributed by atoms with Crippen LogP contribution in [0.4, 0.5) is 0 Å². The second-order valence-corrected chi connectivity index (χ2v) is 4.08. The fourth-order valence-corrected chi connectivity index (χ4v) is 1.55. The Labute approximate surface area is 98.5 Å². The number of hydrogen-bond acceptors (Lipinski definition) is 6. The summed E-state index contributed by atoms with van der Waals surface area (Å²) < 4.78 is 5.15. The lowest BCUT2D eigenvalue weighted by Crippen LogP contribution is -2.19. The molecule has 0 amide bonds. The van der Waals surface area contributed by atoms with Crippen LogP contribution >= 0.6 is 0 Å². The van der Waals surface area contributed by atoms with Crippen LogP contribution in [0.2, 0.25) is 0 Å². The monoisotopic (exact) mass is 231 g/mol. The highest BCUT2D eigenvalue weighted by Crippen LogP contribution is 2.18. The number of hydrogen-bond donors (Lipinski definition) is 1. The van der Waals surface area contributed by atoms with Crippen molar-refractivity contribution in [1.82, 2.24) is 25.4 Å². The predicted molar refractivity (Wildman–Crippen MR) is 60.1 cm³/mol. The van der Waals surface area contributed by atoms with E-state index >= 15 is 0 Å². The van der Waals surface area contributed by atoms with Crippen LogP contribution in [0.1, 0.15) is 18.7 Å². The summed E-state index contributed by atoms with van der Waals surface area (Å²) in [4.78, 5) is 12.4. The van der Waals surface area contributed by atoms with Crippen LogP contribution in [0.15, 0.2) is 23.1 Å². The number of aromatic nitrogens is 4. The second-order valence-electron chi connectivity index (χ2n) is 4.08. The van der Waals surface area contributed by atoms with Crippen LogP contribution in [0, 0.1) is 0 Å². The van der Waals surface area contributed by atoms with Crippen LogP contribution in [0.3, 0.4) is 0 Å². The molecular weight excluding hydrogens is 218 g/mol. The van der Waals surface area contributed by atoms with Crippen LogP contribution in [0.5, 0.6) is 0 Å². The van der Waals surface area contributed by atoms with Crippen molar-refractivity contribution >= 4 is 0 Å². The lowest BCUT2D eigenvalue weighted by Gasteiger charge is -1.97. The molecule has 1 aliphatic rings. The summed E-state index contributed by atoms with van der Waals surface area (Å²) in [6.07, 6.45) is 8.17. The quantitative estimate of drug-likeness (QED) is 0.821. The first-order valence-corrected chi connectivity index (χ1v) is 5.74. The molecule has 2 heterocycles. The molecule has 1 N–H and O–H groups in total. The highest BCUT2D eigenvalue weighted by molar-refractivity contribution is 5.45. The van der Waals surface area contributed by atoms with Crippen molar-refractivity contribution in [1.29, 1.82) is 0 Å². The van der Waals surface area contributed by atoms with Gasteiger partial charge in [-0.25, -0.2) is 4.98 Å². The van der Waals surface area contributed by atoms with Gasteiger partial charge in [0.25, 0.3) is 0 Å². The molecule has 0 aliphatic heterocycles. The zero-order valence-corrected chi connectivity index (χ0v) is 9.33. The smallest absolute Gasteiger partial charge is 0.228 e. The van der Waals surface area contributed by atoms with Gasteiger partial charge in [-0.2, -0.15) is 4.98 Å². The molecule has 88 valence electrons. The summed E-state index contributed by atoms with van der Waals surface area (Å²) >= 11 is 0. The van der Waals surface area contributed by atoms with Gasteiger partial charge in [0.2, 0.25) is 11.7 Å². The molecule has 0 unspecified atom stereocenters. The molecule has 6 nitrogen and oxygen atoms in total. The molecule has 1 aliphatic carbocycles. The molecule has 2 aromatic heterocycles. The number of rotatable bonds is 5. The van der Waals surface area contributed by atoms with E-state index in [4.69, 9.17) is 4.52 Å². The van der Waals surface area contributed by atoms with E-state index in [0.717, 1.165) is 13.0 Å². The predicted octanol–water partition coefficient (Wildman–Crippen LogP) is 0.821. The Hall–Kier alpha value is -1.82. The van der Waals surface area contributed by atoms with Gasteiger partial charge in [0.15, 0.2) is 0 Å². The molecule has 2 aromatic rings. The summed E-state index contributed by atoms with van der Waals surface area (Å²) in [7, 11) is 0. The van der Waals surface area contributed by atoms with Crippen LogP contribution in [0.25, 0.3) is 11.5 Å². The van der Waals surface area contributed by atoms with E-state index in [-0.39, 0.29) is 0 Å². The van der Waals surface area contributed by atoms with E-state index in [0.29, 0.717) is 23.5 Å². The van der Waals surface area contributed by atoms with Gasteiger partial charge >= 0.3 is 0 Å². The molecular formula is C11H13N5O. The van der Waals surface area contributed by atoms with Gasteiger partial charge < -0.3 is 9.84 Å². The third-order valence-corrected chi connectivity index (χ3v) is 2.61. The van der Waals surface area contributed by atoms with Crippen molar-refractivity contribution in [3.63, 3.8) is 0 Å². The SMILES string of the molecule is c1cnc(-c2noc(CCNC3CC3)n2)cn1. The maximum atomic E-state index is 5.15. The Morgan fingerprint density at radius 1 is 1.35 bits per heavy atom. The highest BCUT2D eigenvalue weighted by atomic mass is 16.5. The molecule has 3 rings (SSSR count). The zero-order chi connectivity index (χ0) is 11.5. The first-order valence-electron chi connectivity index (χ1n) is 5.74. The molecule has 17 heavy (non-hydrogen) atoms. The van der Waals surface area contributed by atoms with E-state index in [9.17, 15) is 0 Å². The Balaban J connectivity index is 1.61. The van der Waals surface area contributed by atoms with Gasteiger partial charge in [-0.05, 0) is 12.8 Å². The standard InChI is InChI=1S/C11H13N5O/c1-2-8(1)13-4-3-10-15-11(16-17-10)9-7-12-5-6-14-9/h5-8,13H,1-4H2. The maximum Gasteiger partial charge on any atom is 0.228 e. The Kier molecular flexibility index (Phi) is 2.79. The van der Waals surface area contributed by atoms with Crippen molar-refractivity contribution in [2.75, 3.05) is 6.54 Å². The van der Waals surface area contributed by atoms with Crippen LogP contribution in [-0.2, 0) is 6.42 Å². The van der Waals surface area contributed by atoms with E-state index in [1.54, 1.807) is 18.6 Å². The Morgan fingerprint density at radius 3 is 3.06 bits per heavy atom. The molecule has 0 saturated heterocycles. The van der Waals surface area contributed by atoms with E-state index < -0.39 is 0 Å². The molecule has 1 saturated carbocycles. The number of nitrogens with one attached hydrogen (secondary N) is 1. The third-order valence-electron chi connectivity index (χ3n) is 2.61. The van der Waals surface area contributed by atoms with Crippen molar-refractivity contribution in [3.8, 4) is 11.5 Å². The molecule has 1 fully saturated rings. The van der Waals surface area contributed by atoms with Gasteiger partial charge in [0, 0.05) is 31.4 Å². The molecule has 0 bridgehead atoms. The fourth-order valence-electron chi connectivity index (χ4n) is 1.55. The van der Waals surface area contributed by atoms with Crippen molar-refractivity contribution < 1.29 is 4.52 Å². The minimum Gasteiger partial charge on any atom is -0.339 e. The lowest BCUT2D eigenvalue weighted by molar-refractivity contribution is 0.376. The van der Waals surface area contributed by atoms with Gasteiger partial charge in [-0.1, -0.05) is 5.16 Å². The average molecular weight is 231 g/mol. The first kappa shape index (κ1) is 10.3. The second kappa shape index (κ2) is 4.58. The third kappa shape index (κ3) is 2.65. The van der Waals surface area contributed by atoms with Crippen LogP contribution < -0.4 is 5.32 Å². The zero-order valence-electron chi connectivity index (χ0n) is 9.33. The Morgan fingerprint density at radius 2 is 2.29 bits per heavy atom. The van der Waals surface area contributed by atoms with E-state index in [2.05, 4.69) is 25.4 Å². The lowest BCUT2D eigenvalue weighted by atomic mass is 10.4. The summed E-state index contributed by atoms with van der Waals surface area (Å²) in [5, 5.41) is 7.28. The molecule has 6 heteroatoms. The molecule has 0 aromatic carbocycles. The Bertz CT molecular complexity index is 480. The minimum atomic E-state index is 0.500. The molecule has 0 radical (unpaired) electrons. The van der Waals surface area contributed by atoms with Crippen molar-refractivity contribution in [3.05, 3.63) is 24.5 Å². The summed E-state index contributed by atoms with van der Waals surface area (Å²) in [5.41, 5.74) is 0.637. The van der Waals surface area contributed by atoms with Gasteiger partial charge in [-0.15, -0.1) is 0 Å². The highest BCUT2D eigenvalue weighted by Gasteiger charge is 2.20. The minimum absolute atomic E-state index is 0.500. The van der Waals surface area contributed by atoms with Gasteiger partial charge in [0.1, 0.15) is 5.69 Å². The fraction of sp³-hybridized carbons (Fsp3) is 0.455. The van der Waals surface area contributed by atoms with E-state index in [1.807, 2.05) is 0 Å². The van der Waals surface area contributed by atoms with Crippen LogP contribution in [-0.4, -0.2) is 32.7 Å². The average Bonchev–Trinajstić information content (AvgIpc) is 3.07. The maximum absolute atomic E-state index is 5.15. The van der Waals surface area contributed by atoms with Gasteiger partial charge in [0.05, 0.1) is 6.20 Å². The number of nitrogens with zero attached hydrogens (tertiary/aromatic N) is 4. The summed E-state index contributed by atoms with van der Waals surface area (Å²) in [6.45, 7) is 0.882. The van der Waals surface area contributed by atoms with Crippen molar-refractivity contribution in [2.24, 2.45) is 0 Å². The first-order chi connectivity index (χ1) is 8.42.